The predicted molar refractivity (Wildman–Crippen MR) is 120 cm³/mol. The normalized spacial score (nSPS) is 22.1. The van der Waals surface area contributed by atoms with Crippen LogP contribution in [-0.4, -0.2) is 65.7 Å². The Morgan fingerprint density at radius 3 is 2.74 bits per heavy atom. The largest absolute Gasteiger partial charge is 0.433 e. The lowest BCUT2D eigenvalue weighted by Crippen LogP contribution is -2.35. The number of nitrogens with zero attached hydrogens (tertiary/aromatic N) is 2. The molecule has 1 saturated heterocycles. The van der Waals surface area contributed by atoms with Crippen molar-refractivity contribution in [2.75, 3.05) is 43.4 Å². The van der Waals surface area contributed by atoms with Crippen LogP contribution in [0.1, 0.15) is 19.8 Å². The van der Waals surface area contributed by atoms with Crippen LogP contribution in [-0.2, 0) is 4.79 Å². The zero-order valence-corrected chi connectivity index (χ0v) is 19.1. The lowest BCUT2D eigenvalue weighted by atomic mass is 9.92. The van der Waals surface area contributed by atoms with E-state index in [2.05, 4.69) is 35.9 Å². The number of hydrogen-bond donors (Lipinski definition) is 2. The fourth-order valence-electron chi connectivity index (χ4n) is 3.78. The summed E-state index contributed by atoms with van der Waals surface area (Å²) in [4.78, 5) is 19.5. The Morgan fingerprint density at radius 1 is 1.39 bits per heavy atom. The Labute approximate surface area is 189 Å². The number of Topliss-reactive ketones (excluding diaryl/α,β-unsaturated/α-hetero) is 1. The Balaban J connectivity index is 1.54. The first-order valence-corrected chi connectivity index (χ1v) is 11.5. The third kappa shape index (κ3) is 7.08. The fraction of sp³-hybridized carbons (Fsp3) is 0.545. The molecule has 31 heavy (non-hydrogen) atoms. The van der Waals surface area contributed by atoms with Gasteiger partial charge in [-0.1, -0.05) is 15.9 Å². The zero-order valence-electron chi connectivity index (χ0n) is 17.5. The van der Waals surface area contributed by atoms with Crippen molar-refractivity contribution >= 4 is 33.1 Å². The van der Waals surface area contributed by atoms with Crippen LogP contribution in [0.4, 0.5) is 14.5 Å². The maximum absolute atomic E-state index is 12.9. The number of hydrogen-bond acceptors (Lipinski definition) is 6. The summed E-state index contributed by atoms with van der Waals surface area (Å²) in [5.41, 5.74) is 2.37. The maximum atomic E-state index is 12.9. The first kappa shape index (κ1) is 23.8. The molecule has 1 fully saturated rings. The second-order valence-corrected chi connectivity index (χ2v) is 8.76. The number of carbonyl (C=O) groups excluding carboxylic acids is 1. The van der Waals surface area contributed by atoms with Crippen molar-refractivity contribution in [3.63, 3.8) is 0 Å². The number of ether oxygens (including phenoxy) is 1. The smallest absolute Gasteiger partial charge is 0.394 e. The molecule has 9 heteroatoms. The van der Waals surface area contributed by atoms with E-state index < -0.39 is 6.11 Å². The number of alkyl halides is 3. The van der Waals surface area contributed by atoms with Gasteiger partial charge in [0.2, 0.25) is 0 Å². The van der Waals surface area contributed by atoms with Crippen LogP contribution in [0.2, 0.25) is 0 Å². The van der Waals surface area contributed by atoms with Crippen LogP contribution in [0.15, 0.2) is 41.0 Å². The molecule has 2 atom stereocenters. The molecule has 170 valence electrons. The van der Waals surface area contributed by atoms with Crippen molar-refractivity contribution in [2.24, 2.45) is 16.8 Å². The number of aliphatic imine (C=N–C) groups is 1. The van der Waals surface area contributed by atoms with E-state index in [0.29, 0.717) is 30.5 Å². The van der Waals surface area contributed by atoms with Crippen LogP contribution in [0, 0.1) is 11.8 Å². The van der Waals surface area contributed by atoms with Gasteiger partial charge in [0, 0.05) is 61.0 Å². The minimum absolute atomic E-state index is 0.0457. The molecule has 0 spiro atoms. The fourth-order valence-corrected chi connectivity index (χ4v) is 4.38. The number of aliphatic hydroxyl groups excluding tert-OH is 1. The molecule has 2 heterocycles. The van der Waals surface area contributed by atoms with E-state index in [1.165, 1.54) is 12.1 Å². The SMILES string of the molecule is CC(F)(F)Oc1ccc(NCC(=O)C2=CN=C(CN3CC[C@H](CO)C3)C(CBr)C2)cc1. The summed E-state index contributed by atoms with van der Waals surface area (Å²) in [5, 5.41) is 13.1. The van der Waals surface area contributed by atoms with Gasteiger partial charge < -0.3 is 15.2 Å². The summed E-state index contributed by atoms with van der Waals surface area (Å²) in [5.74, 6) is 0.508. The molecule has 1 unspecified atom stereocenters. The van der Waals surface area contributed by atoms with Crippen molar-refractivity contribution in [2.45, 2.75) is 25.9 Å². The number of ketones is 1. The minimum Gasteiger partial charge on any atom is -0.433 e. The molecular formula is C22H28BrF2N3O3. The molecule has 0 bridgehead atoms. The highest BCUT2D eigenvalue weighted by molar-refractivity contribution is 9.09. The van der Waals surface area contributed by atoms with Gasteiger partial charge in [0.25, 0.3) is 0 Å². The summed E-state index contributed by atoms with van der Waals surface area (Å²) >= 11 is 3.55. The van der Waals surface area contributed by atoms with E-state index in [9.17, 15) is 18.7 Å². The Hall–Kier alpha value is -1.84. The molecule has 0 saturated carbocycles. The van der Waals surface area contributed by atoms with Crippen molar-refractivity contribution in [1.29, 1.82) is 0 Å². The molecule has 1 aromatic rings. The predicted octanol–water partition coefficient (Wildman–Crippen LogP) is 3.71. The van der Waals surface area contributed by atoms with Crippen LogP contribution in [0.25, 0.3) is 0 Å². The van der Waals surface area contributed by atoms with E-state index in [1.807, 2.05) is 0 Å². The third-order valence-electron chi connectivity index (χ3n) is 5.49. The van der Waals surface area contributed by atoms with Gasteiger partial charge in [-0.2, -0.15) is 8.78 Å². The van der Waals surface area contributed by atoms with Gasteiger partial charge in [0.1, 0.15) is 5.75 Å². The van der Waals surface area contributed by atoms with E-state index in [1.54, 1.807) is 18.3 Å². The first-order chi connectivity index (χ1) is 14.8. The molecule has 2 aliphatic heterocycles. The number of carbonyl (C=O) groups is 1. The minimum atomic E-state index is -3.24. The number of halogens is 3. The van der Waals surface area contributed by atoms with E-state index in [4.69, 9.17) is 0 Å². The average Bonchev–Trinajstić information content (AvgIpc) is 3.20. The summed E-state index contributed by atoms with van der Waals surface area (Å²) in [6, 6.07) is 6.05. The van der Waals surface area contributed by atoms with Crippen LogP contribution in [0.3, 0.4) is 0 Å². The van der Waals surface area contributed by atoms with Gasteiger partial charge in [-0.3, -0.25) is 14.7 Å². The molecule has 6 nitrogen and oxygen atoms in total. The van der Waals surface area contributed by atoms with Gasteiger partial charge in [-0.05, 0) is 49.6 Å². The summed E-state index contributed by atoms with van der Waals surface area (Å²) in [6.07, 6.45) is 0.0552. The van der Waals surface area contributed by atoms with Crippen molar-refractivity contribution < 1.29 is 23.4 Å². The van der Waals surface area contributed by atoms with Gasteiger partial charge in [0.05, 0.1) is 6.54 Å². The molecule has 2 aliphatic rings. The second kappa shape index (κ2) is 10.7. The number of rotatable bonds is 10. The van der Waals surface area contributed by atoms with Crippen molar-refractivity contribution in [1.82, 2.24) is 4.90 Å². The van der Waals surface area contributed by atoms with Crippen LogP contribution < -0.4 is 10.1 Å². The lowest BCUT2D eigenvalue weighted by molar-refractivity contribution is -0.158. The summed E-state index contributed by atoms with van der Waals surface area (Å²) < 4.78 is 30.3. The van der Waals surface area contributed by atoms with Crippen LogP contribution >= 0.6 is 15.9 Å². The highest BCUT2D eigenvalue weighted by Crippen LogP contribution is 2.25. The number of anilines is 1. The number of benzene rings is 1. The van der Waals surface area contributed by atoms with Gasteiger partial charge in [-0.15, -0.1) is 0 Å². The molecule has 0 radical (unpaired) electrons. The molecule has 3 rings (SSSR count). The Bertz CT molecular complexity index is 824. The number of aliphatic hydroxyl groups is 1. The maximum Gasteiger partial charge on any atom is 0.394 e. The van der Waals surface area contributed by atoms with E-state index in [-0.39, 0.29) is 30.6 Å². The monoisotopic (exact) mass is 499 g/mol. The molecular weight excluding hydrogens is 472 g/mol. The highest BCUT2D eigenvalue weighted by Gasteiger charge is 2.28. The second-order valence-electron chi connectivity index (χ2n) is 8.11. The molecule has 1 aromatic carbocycles. The van der Waals surface area contributed by atoms with Gasteiger partial charge in [0.15, 0.2) is 5.78 Å². The molecule has 0 aromatic heterocycles. The lowest BCUT2D eigenvalue weighted by Gasteiger charge is -2.25. The third-order valence-corrected chi connectivity index (χ3v) is 6.27. The quantitative estimate of drug-likeness (QED) is 0.480. The molecule has 0 amide bonds. The van der Waals surface area contributed by atoms with Crippen molar-refractivity contribution in [3.05, 3.63) is 36.0 Å². The molecule has 0 aliphatic carbocycles. The topological polar surface area (TPSA) is 74.2 Å². The van der Waals surface area contributed by atoms with Gasteiger partial charge >= 0.3 is 6.11 Å². The Morgan fingerprint density at radius 2 is 2.13 bits per heavy atom. The summed E-state index contributed by atoms with van der Waals surface area (Å²) in [7, 11) is 0. The first-order valence-electron chi connectivity index (χ1n) is 10.4. The summed E-state index contributed by atoms with van der Waals surface area (Å²) in [6.45, 7) is 3.59. The Kier molecular flexibility index (Phi) is 8.18. The van der Waals surface area contributed by atoms with Crippen molar-refractivity contribution in [3.8, 4) is 5.75 Å². The molecule has 2 N–H and O–H groups in total. The number of likely N-dealkylation sites (tertiary alicyclic amines) is 1. The van der Waals surface area contributed by atoms with Gasteiger partial charge in [-0.25, -0.2) is 0 Å². The zero-order chi connectivity index (χ0) is 22.4. The average molecular weight is 500 g/mol. The highest BCUT2D eigenvalue weighted by atomic mass is 79.9. The van der Waals surface area contributed by atoms with E-state index in [0.717, 1.165) is 37.1 Å². The van der Waals surface area contributed by atoms with Crippen LogP contribution in [0.5, 0.6) is 5.75 Å². The standard InChI is InChI=1S/C22H28BrF2N3O3/c1-22(24,25)31-19-4-2-18(3-5-19)26-11-21(30)17-8-16(9-23)20(27-10-17)13-28-7-6-15(12-28)14-29/h2-5,10,15-16,26,29H,6-9,11-14H2,1H3/t15-,16?/m0/s1. The number of nitrogens with one attached hydrogen (secondary N) is 1. The van der Waals surface area contributed by atoms with E-state index >= 15 is 0 Å².